The first-order valence-electron chi connectivity index (χ1n) is 9.74. The molecule has 1 aliphatic heterocycles. The highest BCUT2D eigenvalue weighted by molar-refractivity contribution is 7.13. The van der Waals surface area contributed by atoms with Crippen LogP contribution in [0.4, 0.5) is 5.69 Å². The van der Waals surface area contributed by atoms with Crippen molar-refractivity contribution in [2.24, 2.45) is 0 Å². The summed E-state index contributed by atoms with van der Waals surface area (Å²) in [7, 11) is 3.51. The molecule has 0 spiro atoms. The molecular formula is C23H27N3O2S. The number of benzene rings is 1. The Hall–Kier alpha value is -2.73. The molecule has 0 saturated carbocycles. The van der Waals surface area contributed by atoms with Gasteiger partial charge in [0.25, 0.3) is 5.91 Å². The van der Waals surface area contributed by atoms with Crippen LogP contribution in [0, 0.1) is 0 Å². The second-order valence-electron chi connectivity index (χ2n) is 8.46. The zero-order valence-corrected chi connectivity index (χ0v) is 18.4. The second kappa shape index (κ2) is 6.95. The van der Waals surface area contributed by atoms with E-state index in [9.17, 15) is 4.79 Å². The lowest BCUT2D eigenvalue weighted by Gasteiger charge is -2.32. The van der Waals surface area contributed by atoms with E-state index >= 15 is 0 Å². The maximum Gasteiger partial charge on any atom is 0.270 e. The van der Waals surface area contributed by atoms with E-state index in [1.165, 1.54) is 5.56 Å². The van der Waals surface area contributed by atoms with E-state index in [1.54, 1.807) is 18.4 Å². The van der Waals surface area contributed by atoms with Gasteiger partial charge in [-0.15, -0.1) is 11.3 Å². The fourth-order valence-corrected chi connectivity index (χ4v) is 4.56. The van der Waals surface area contributed by atoms with Gasteiger partial charge in [-0.3, -0.25) is 4.79 Å². The molecule has 0 atom stereocenters. The molecule has 0 radical (unpaired) electrons. The van der Waals surface area contributed by atoms with Gasteiger partial charge >= 0.3 is 0 Å². The number of aryl methyl sites for hydroxylation is 1. The average molecular weight is 410 g/mol. The van der Waals surface area contributed by atoms with Crippen molar-refractivity contribution in [1.82, 2.24) is 9.47 Å². The van der Waals surface area contributed by atoms with Crippen LogP contribution >= 0.6 is 11.3 Å². The lowest BCUT2D eigenvalue weighted by molar-refractivity contribution is 0.0644. The number of thiophene rings is 1. The summed E-state index contributed by atoms with van der Waals surface area (Å²) in [4.78, 5) is 16.3. The maximum absolute atomic E-state index is 13.4. The molecule has 1 amide bonds. The maximum atomic E-state index is 13.4. The molecule has 4 rings (SSSR count). The van der Waals surface area contributed by atoms with Crippen LogP contribution in [0.5, 0.6) is 5.75 Å². The smallest absolute Gasteiger partial charge is 0.270 e. The van der Waals surface area contributed by atoms with Gasteiger partial charge in [0.1, 0.15) is 11.4 Å². The Morgan fingerprint density at radius 1 is 1.24 bits per heavy atom. The van der Waals surface area contributed by atoms with Crippen molar-refractivity contribution in [2.75, 3.05) is 19.9 Å². The normalized spacial score (nSPS) is 13.0. The highest BCUT2D eigenvalue weighted by Crippen LogP contribution is 2.44. The summed E-state index contributed by atoms with van der Waals surface area (Å²) < 4.78 is 7.58. The summed E-state index contributed by atoms with van der Waals surface area (Å²) in [5.41, 5.74) is 11.7. The first kappa shape index (κ1) is 19.6. The van der Waals surface area contributed by atoms with Crippen molar-refractivity contribution in [3.8, 4) is 27.4 Å². The van der Waals surface area contributed by atoms with E-state index in [1.807, 2.05) is 57.0 Å². The standard InChI is InChI=1S/C23H27N3O2S/c1-23(2,3)25(4)22(27)18-13-16(20-7-6-10-29-20)21-15-12-17(24)19(28-5)11-14(15)8-9-26(18)21/h6-7,10-13H,8-9,24H2,1-5H3. The predicted molar refractivity (Wildman–Crippen MR) is 120 cm³/mol. The van der Waals surface area contributed by atoms with Gasteiger partial charge in [0, 0.05) is 35.1 Å². The number of amides is 1. The third-order valence-electron chi connectivity index (χ3n) is 5.73. The molecule has 0 fully saturated rings. The van der Waals surface area contributed by atoms with Crippen LogP contribution in [0.2, 0.25) is 0 Å². The Bertz CT molecular complexity index is 1070. The number of ether oxygens (including phenoxy) is 1. The molecule has 152 valence electrons. The number of carbonyl (C=O) groups is 1. The summed E-state index contributed by atoms with van der Waals surface area (Å²) in [6.07, 6.45) is 0.830. The molecule has 3 heterocycles. The molecule has 5 nitrogen and oxygen atoms in total. The minimum atomic E-state index is -0.255. The molecule has 2 N–H and O–H groups in total. The van der Waals surface area contributed by atoms with E-state index < -0.39 is 0 Å². The first-order chi connectivity index (χ1) is 13.7. The topological polar surface area (TPSA) is 60.5 Å². The number of hydrogen-bond donors (Lipinski definition) is 1. The average Bonchev–Trinajstić information content (AvgIpc) is 3.33. The SMILES string of the molecule is COc1cc2c(cc1N)-c1c(-c3cccs3)cc(C(=O)N(C)C(C)(C)C)n1CC2. The number of nitrogen functional groups attached to an aromatic ring is 1. The largest absolute Gasteiger partial charge is 0.495 e. The molecular weight excluding hydrogens is 382 g/mol. The molecule has 2 aromatic heterocycles. The zero-order chi connectivity index (χ0) is 20.9. The fraction of sp³-hybridized carbons (Fsp3) is 0.348. The minimum absolute atomic E-state index is 0.0338. The first-order valence-corrected chi connectivity index (χ1v) is 10.6. The van der Waals surface area contributed by atoms with Gasteiger partial charge < -0.3 is 19.9 Å². The van der Waals surface area contributed by atoms with Crippen molar-refractivity contribution in [3.63, 3.8) is 0 Å². The van der Waals surface area contributed by atoms with Crippen LogP contribution in [0.25, 0.3) is 21.7 Å². The number of nitrogens with two attached hydrogens (primary N) is 1. The predicted octanol–water partition coefficient (Wildman–Crippen LogP) is 4.90. The number of hydrogen-bond acceptors (Lipinski definition) is 4. The second-order valence-corrected chi connectivity index (χ2v) is 9.40. The van der Waals surface area contributed by atoms with E-state index in [0.29, 0.717) is 11.4 Å². The van der Waals surface area contributed by atoms with Crippen molar-refractivity contribution >= 4 is 22.9 Å². The Morgan fingerprint density at radius 2 is 2.00 bits per heavy atom. The van der Waals surface area contributed by atoms with Crippen LogP contribution in [-0.4, -0.2) is 35.1 Å². The number of methoxy groups -OCH3 is 1. The Labute approximate surface area is 175 Å². The number of rotatable bonds is 3. The monoisotopic (exact) mass is 409 g/mol. The van der Waals surface area contributed by atoms with Gasteiger partial charge in [-0.25, -0.2) is 0 Å². The van der Waals surface area contributed by atoms with Gasteiger partial charge in [0.05, 0.1) is 18.5 Å². The molecule has 0 saturated heterocycles. The summed E-state index contributed by atoms with van der Waals surface area (Å²) in [5.74, 6) is 0.733. The Morgan fingerprint density at radius 3 is 2.62 bits per heavy atom. The van der Waals surface area contributed by atoms with E-state index in [2.05, 4.69) is 16.0 Å². The van der Waals surface area contributed by atoms with Gasteiger partial charge in [-0.1, -0.05) is 6.07 Å². The van der Waals surface area contributed by atoms with Crippen LogP contribution in [0.1, 0.15) is 36.8 Å². The van der Waals surface area contributed by atoms with Crippen molar-refractivity contribution in [3.05, 3.63) is 47.0 Å². The summed E-state index contributed by atoms with van der Waals surface area (Å²) in [6, 6.07) is 10.2. The van der Waals surface area contributed by atoms with Crippen molar-refractivity contribution in [2.45, 2.75) is 39.3 Å². The third-order valence-corrected chi connectivity index (χ3v) is 6.63. The van der Waals surface area contributed by atoms with Gasteiger partial charge in [-0.05, 0) is 62.4 Å². The van der Waals surface area contributed by atoms with Crippen LogP contribution < -0.4 is 10.5 Å². The van der Waals surface area contributed by atoms with E-state index in [-0.39, 0.29) is 11.4 Å². The zero-order valence-electron chi connectivity index (χ0n) is 17.6. The van der Waals surface area contributed by atoms with Gasteiger partial charge in [0.2, 0.25) is 0 Å². The summed E-state index contributed by atoms with van der Waals surface area (Å²) in [5, 5.41) is 2.06. The molecule has 1 aliphatic rings. The van der Waals surface area contributed by atoms with Crippen LogP contribution in [0.3, 0.4) is 0 Å². The number of anilines is 1. The van der Waals surface area contributed by atoms with E-state index in [4.69, 9.17) is 10.5 Å². The van der Waals surface area contributed by atoms with Crippen molar-refractivity contribution in [1.29, 1.82) is 0 Å². The molecule has 0 unspecified atom stereocenters. The number of aromatic nitrogens is 1. The summed E-state index contributed by atoms with van der Waals surface area (Å²) in [6.45, 7) is 6.90. The number of nitrogens with zero attached hydrogens (tertiary/aromatic N) is 2. The number of carbonyl (C=O) groups excluding carboxylic acids is 1. The summed E-state index contributed by atoms with van der Waals surface area (Å²) >= 11 is 1.68. The van der Waals surface area contributed by atoms with E-state index in [0.717, 1.165) is 40.4 Å². The Balaban J connectivity index is 1.95. The molecule has 0 aliphatic carbocycles. The molecule has 29 heavy (non-hydrogen) atoms. The van der Waals surface area contributed by atoms with Crippen molar-refractivity contribution < 1.29 is 9.53 Å². The Kier molecular flexibility index (Phi) is 4.69. The lowest BCUT2D eigenvalue weighted by atomic mass is 9.95. The van der Waals surface area contributed by atoms with Crippen LogP contribution in [0.15, 0.2) is 35.7 Å². The van der Waals surface area contributed by atoms with Gasteiger partial charge in [-0.2, -0.15) is 0 Å². The number of fused-ring (bicyclic) bond motifs is 3. The minimum Gasteiger partial charge on any atom is -0.495 e. The highest BCUT2D eigenvalue weighted by atomic mass is 32.1. The molecule has 0 bridgehead atoms. The highest BCUT2D eigenvalue weighted by Gasteiger charge is 2.31. The molecule has 3 aromatic rings. The quantitative estimate of drug-likeness (QED) is 0.626. The lowest BCUT2D eigenvalue weighted by Crippen LogP contribution is -2.43. The van der Waals surface area contributed by atoms with Gasteiger partial charge in [0.15, 0.2) is 0 Å². The third kappa shape index (κ3) is 3.21. The fourth-order valence-electron chi connectivity index (χ4n) is 3.82. The molecule has 1 aromatic carbocycles. The molecule has 6 heteroatoms. The van der Waals surface area contributed by atoms with Crippen LogP contribution in [-0.2, 0) is 13.0 Å².